The molecule has 2 aromatic heterocycles. The number of fused-ring (bicyclic) bond motifs is 1. The fraction of sp³-hybridized carbons (Fsp3) is 0.154. The van der Waals surface area contributed by atoms with Crippen molar-refractivity contribution in [2.24, 2.45) is 0 Å². The van der Waals surface area contributed by atoms with Crippen LogP contribution in [0.5, 0.6) is 0 Å². The molecule has 0 spiro atoms. The number of H-pyrrole nitrogens is 1. The standard InChI is InChI=1S/C13H12N6O2/c1-8(13-15-7-16-18-13)17-10-5-6-14-12-9(10)3-2-4-11(12)19(20)21/h2-8H,1H3,(H,14,17)(H,15,16,18). The van der Waals surface area contributed by atoms with E-state index >= 15 is 0 Å². The van der Waals surface area contributed by atoms with E-state index in [1.807, 2.05) is 6.92 Å². The van der Waals surface area contributed by atoms with E-state index in [1.165, 1.54) is 12.4 Å². The number of para-hydroxylation sites is 1. The van der Waals surface area contributed by atoms with Gasteiger partial charge in [0.2, 0.25) is 0 Å². The van der Waals surface area contributed by atoms with E-state index in [-0.39, 0.29) is 11.7 Å². The van der Waals surface area contributed by atoms with Crippen molar-refractivity contribution >= 4 is 22.3 Å². The number of nitro benzene ring substituents is 1. The number of aromatic nitrogens is 4. The Morgan fingerprint density at radius 1 is 1.33 bits per heavy atom. The number of nitro groups is 1. The molecule has 8 nitrogen and oxygen atoms in total. The number of pyridine rings is 1. The summed E-state index contributed by atoms with van der Waals surface area (Å²) in [4.78, 5) is 18.8. The van der Waals surface area contributed by atoms with Gasteiger partial charge in [0.1, 0.15) is 17.7 Å². The predicted molar refractivity (Wildman–Crippen MR) is 76.8 cm³/mol. The number of non-ortho nitro benzene ring substituents is 1. The van der Waals surface area contributed by atoms with Crippen molar-refractivity contribution in [3.8, 4) is 0 Å². The van der Waals surface area contributed by atoms with Crippen LogP contribution in [0.2, 0.25) is 0 Å². The Morgan fingerprint density at radius 3 is 2.90 bits per heavy atom. The molecule has 1 atom stereocenters. The lowest BCUT2D eigenvalue weighted by molar-refractivity contribution is -0.383. The average Bonchev–Trinajstić information content (AvgIpc) is 3.01. The van der Waals surface area contributed by atoms with Gasteiger partial charge in [-0.1, -0.05) is 12.1 Å². The maximum absolute atomic E-state index is 11.1. The molecule has 8 heteroatoms. The number of anilines is 1. The molecule has 21 heavy (non-hydrogen) atoms. The van der Waals surface area contributed by atoms with Crippen LogP contribution in [0.1, 0.15) is 18.8 Å². The molecule has 3 aromatic rings. The molecule has 0 aliphatic rings. The zero-order valence-electron chi connectivity index (χ0n) is 11.1. The van der Waals surface area contributed by atoms with Gasteiger partial charge in [0.05, 0.1) is 11.0 Å². The number of hydrogen-bond acceptors (Lipinski definition) is 6. The number of rotatable bonds is 4. The van der Waals surface area contributed by atoms with Crippen LogP contribution < -0.4 is 5.32 Å². The fourth-order valence-corrected chi connectivity index (χ4v) is 2.16. The average molecular weight is 284 g/mol. The Balaban J connectivity index is 2.03. The highest BCUT2D eigenvalue weighted by Gasteiger charge is 2.16. The van der Waals surface area contributed by atoms with Gasteiger partial charge in [0, 0.05) is 23.3 Å². The summed E-state index contributed by atoms with van der Waals surface area (Å²) in [7, 11) is 0. The summed E-state index contributed by atoms with van der Waals surface area (Å²) in [5.74, 6) is 0.686. The highest BCUT2D eigenvalue weighted by molar-refractivity contribution is 5.96. The minimum absolute atomic E-state index is 0.0107. The minimum atomic E-state index is -0.432. The summed E-state index contributed by atoms with van der Waals surface area (Å²) >= 11 is 0. The molecule has 0 fully saturated rings. The second-order valence-corrected chi connectivity index (χ2v) is 4.53. The van der Waals surface area contributed by atoms with Gasteiger partial charge in [-0.15, -0.1) is 0 Å². The minimum Gasteiger partial charge on any atom is -0.375 e. The third kappa shape index (κ3) is 2.38. The van der Waals surface area contributed by atoms with Crippen LogP contribution in [0.25, 0.3) is 10.9 Å². The summed E-state index contributed by atoms with van der Waals surface area (Å²) in [5.41, 5.74) is 1.10. The Bertz CT molecular complexity index is 786. The van der Waals surface area contributed by atoms with E-state index in [2.05, 4.69) is 25.5 Å². The molecule has 0 amide bonds. The Hall–Kier alpha value is -3.03. The molecule has 0 bridgehead atoms. The lowest BCUT2D eigenvalue weighted by Gasteiger charge is -2.14. The van der Waals surface area contributed by atoms with Crippen LogP contribution in [0, 0.1) is 10.1 Å². The highest BCUT2D eigenvalue weighted by atomic mass is 16.6. The van der Waals surface area contributed by atoms with Gasteiger partial charge in [0.15, 0.2) is 0 Å². The van der Waals surface area contributed by atoms with Crippen molar-refractivity contribution in [3.05, 3.63) is 52.7 Å². The van der Waals surface area contributed by atoms with Gasteiger partial charge in [0.25, 0.3) is 5.69 Å². The van der Waals surface area contributed by atoms with Crippen molar-refractivity contribution in [1.82, 2.24) is 20.2 Å². The van der Waals surface area contributed by atoms with E-state index in [9.17, 15) is 10.1 Å². The van der Waals surface area contributed by atoms with E-state index in [4.69, 9.17) is 0 Å². The molecule has 0 saturated heterocycles. The monoisotopic (exact) mass is 284 g/mol. The molecule has 3 rings (SSSR count). The van der Waals surface area contributed by atoms with Crippen LogP contribution in [-0.2, 0) is 0 Å². The third-order valence-corrected chi connectivity index (χ3v) is 3.16. The van der Waals surface area contributed by atoms with Crippen molar-refractivity contribution in [2.75, 3.05) is 5.32 Å². The summed E-state index contributed by atoms with van der Waals surface area (Å²) in [5, 5.41) is 21.6. The fourth-order valence-electron chi connectivity index (χ4n) is 2.16. The van der Waals surface area contributed by atoms with Crippen LogP contribution in [0.15, 0.2) is 36.8 Å². The van der Waals surface area contributed by atoms with E-state index < -0.39 is 4.92 Å². The number of nitrogens with one attached hydrogen (secondary N) is 2. The van der Waals surface area contributed by atoms with Gasteiger partial charge in [-0.2, -0.15) is 5.10 Å². The first-order chi connectivity index (χ1) is 10.2. The van der Waals surface area contributed by atoms with Gasteiger partial charge in [-0.05, 0) is 13.0 Å². The van der Waals surface area contributed by atoms with E-state index in [1.54, 1.807) is 24.4 Å². The maximum atomic E-state index is 11.1. The number of nitrogens with zero attached hydrogens (tertiary/aromatic N) is 4. The van der Waals surface area contributed by atoms with Gasteiger partial charge < -0.3 is 5.32 Å². The second-order valence-electron chi connectivity index (χ2n) is 4.53. The van der Waals surface area contributed by atoms with Crippen LogP contribution in [0.4, 0.5) is 11.4 Å². The largest absolute Gasteiger partial charge is 0.375 e. The van der Waals surface area contributed by atoms with Crippen molar-refractivity contribution in [2.45, 2.75) is 13.0 Å². The molecular formula is C13H12N6O2. The lowest BCUT2D eigenvalue weighted by atomic mass is 10.1. The van der Waals surface area contributed by atoms with E-state index in [0.717, 1.165) is 5.69 Å². The molecule has 2 N–H and O–H groups in total. The van der Waals surface area contributed by atoms with E-state index in [0.29, 0.717) is 16.7 Å². The molecule has 0 aliphatic heterocycles. The molecule has 2 heterocycles. The van der Waals surface area contributed by atoms with Crippen LogP contribution >= 0.6 is 0 Å². The summed E-state index contributed by atoms with van der Waals surface area (Å²) < 4.78 is 0. The molecule has 1 unspecified atom stereocenters. The smallest absolute Gasteiger partial charge is 0.295 e. The number of hydrogen-bond donors (Lipinski definition) is 2. The quantitative estimate of drug-likeness (QED) is 0.562. The number of benzene rings is 1. The first-order valence-corrected chi connectivity index (χ1v) is 6.30. The SMILES string of the molecule is CC(Nc1ccnc2c([N+](=O)[O-])cccc12)c1ncn[nH]1. The van der Waals surface area contributed by atoms with Crippen LogP contribution in [-0.4, -0.2) is 25.1 Å². The Morgan fingerprint density at radius 2 is 2.19 bits per heavy atom. The zero-order chi connectivity index (χ0) is 14.8. The summed E-state index contributed by atoms with van der Waals surface area (Å²) in [6.45, 7) is 1.92. The first-order valence-electron chi connectivity index (χ1n) is 6.30. The topological polar surface area (TPSA) is 110 Å². The maximum Gasteiger partial charge on any atom is 0.295 e. The number of aromatic amines is 1. The first kappa shape index (κ1) is 13.0. The third-order valence-electron chi connectivity index (χ3n) is 3.16. The lowest BCUT2D eigenvalue weighted by Crippen LogP contribution is -2.09. The molecule has 0 aliphatic carbocycles. The van der Waals surface area contributed by atoms with Gasteiger partial charge in [-0.3, -0.25) is 15.2 Å². The second kappa shape index (κ2) is 5.16. The van der Waals surface area contributed by atoms with Crippen molar-refractivity contribution < 1.29 is 4.92 Å². The molecule has 106 valence electrons. The Labute approximate surface area is 119 Å². The summed E-state index contributed by atoms with van der Waals surface area (Å²) in [6.07, 6.45) is 2.98. The molecule has 0 radical (unpaired) electrons. The molecule has 1 aromatic carbocycles. The molecule has 0 saturated carbocycles. The molecular weight excluding hydrogens is 272 g/mol. The van der Waals surface area contributed by atoms with Crippen molar-refractivity contribution in [3.63, 3.8) is 0 Å². The van der Waals surface area contributed by atoms with Crippen LogP contribution in [0.3, 0.4) is 0 Å². The highest BCUT2D eigenvalue weighted by Crippen LogP contribution is 2.30. The van der Waals surface area contributed by atoms with Crippen molar-refractivity contribution in [1.29, 1.82) is 0 Å². The Kier molecular flexibility index (Phi) is 3.19. The predicted octanol–water partition coefficient (Wildman–Crippen LogP) is 2.43. The summed E-state index contributed by atoms with van der Waals surface area (Å²) in [6, 6.07) is 6.55. The van der Waals surface area contributed by atoms with Gasteiger partial charge in [-0.25, -0.2) is 9.97 Å². The van der Waals surface area contributed by atoms with Gasteiger partial charge >= 0.3 is 0 Å². The zero-order valence-corrected chi connectivity index (χ0v) is 11.1. The normalized spacial score (nSPS) is 12.2.